The second kappa shape index (κ2) is 6.30. The Kier molecular flexibility index (Phi) is 5.29. The smallest absolute Gasteiger partial charge is 0.143 e. The third-order valence-electron chi connectivity index (χ3n) is 2.58. The molecule has 0 fully saturated rings. The molecule has 4 heteroatoms. The fraction of sp³-hybridized carbons (Fsp3) is 0.571. The predicted octanol–water partition coefficient (Wildman–Crippen LogP) is 3.46. The molecule has 1 rings (SSSR count). The molecule has 1 aromatic carbocycles. The number of hydrogen-bond donors (Lipinski definition) is 2. The number of anilines is 1. The number of benzene rings is 1. The molecule has 0 bridgehead atoms. The van der Waals surface area contributed by atoms with Crippen LogP contribution >= 0.6 is 11.6 Å². The van der Waals surface area contributed by atoms with E-state index in [2.05, 4.69) is 31.4 Å². The molecule has 0 unspecified atom stereocenters. The van der Waals surface area contributed by atoms with Gasteiger partial charge >= 0.3 is 0 Å². The van der Waals surface area contributed by atoms with Crippen LogP contribution in [0.1, 0.15) is 26.3 Å². The van der Waals surface area contributed by atoms with Gasteiger partial charge in [-0.05, 0) is 39.3 Å². The molecule has 102 valence electrons. The van der Waals surface area contributed by atoms with Gasteiger partial charge in [-0.1, -0.05) is 11.6 Å². The van der Waals surface area contributed by atoms with Crippen LogP contribution in [0.2, 0.25) is 5.02 Å². The van der Waals surface area contributed by atoms with Crippen LogP contribution in [0.3, 0.4) is 0 Å². The number of nitrogens with one attached hydrogen (secondary N) is 2. The van der Waals surface area contributed by atoms with Crippen molar-refractivity contribution in [2.75, 3.05) is 25.5 Å². The molecule has 0 atom stereocenters. The maximum atomic E-state index is 6.07. The monoisotopic (exact) mass is 270 g/mol. The molecule has 0 amide bonds. The molecular formula is C14H23ClN2O. The molecule has 2 N–H and O–H groups in total. The summed E-state index contributed by atoms with van der Waals surface area (Å²) in [6, 6.07) is 3.86. The highest BCUT2D eigenvalue weighted by Gasteiger charge is 2.09. The fourth-order valence-electron chi connectivity index (χ4n) is 1.60. The number of hydrogen-bond acceptors (Lipinski definition) is 3. The number of halogens is 1. The molecule has 0 saturated carbocycles. The first-order chi connectivity index (χ1) is 8.33. The van der Waals surface area contributed by atoms with Crippen molar-refractivity contribution in [3.63, 3.8) is 0 Å². The van der Waals surface area contributed by atoms with Crippen LogP contribution in [-0.4, -0.2) is 25.7 Å². The zero-order valence-electron chi connectivity index (χ0n) is 11.9. The summed E-state index contributed by atoms with van der Waals surface area (Å²) in [5, 5.41) is 7.51. The van der Waals surface area contributed by atoms with E-state index >= 15 is 0 Å². The number of ether oxygens (including phenoxy) is 1. The van der Waals surface area contributed by atoms with E-state index in [0.29, 0.717) is 0 Å². The molecule has 18 heavy (non-hydrogen) atoms. The van der Waals surface area contributed by atoms with Gasteiger partial charge in [0, 0.05) is 29.7 Å². The maximum Gasteiger partial charge on any atom is 0.143 e. The third-order valence-corrected chi connectivity index (χ3v) is 2.98. The predicted molar refractivity (Wildman–Crippen MR) is 79.0 cm³/mol. The average Bonchev–Trinajstić information content (AvgIpc) is 2.27. The van der Waals surface area contributed by atoms with E-state index in [-0.39, 0.29) is 5.54 Å². The molecule has 0 radical (unpaired) electrons. The minimum absolute atomic E-state index is 0.141. The van der Waals surface area contributed by atoms with E-state index in [1.54, 1.807) is 7.11 Å². The summed E-state index contributed by atoms with van der Waals surface area (Å²) in [6.45, 7) is 10.2. The van der Waals surface area contributed by atoms with Gasteiger partial charge in [0.1, 0.15) is 5.75 Å². The Bertz CT molecular complexity index is 400. The van der Waals surface area contributed by atoms with Crippen molar-refractivity contribution in [1.82, 2.24) is 5.32 Å². The summed E-state index contributed by atoms with van der Waals surface area (Å²) in [7, 11) is 1.65. The lowest BCUT2D eigenvalue weighted by Gasteiger charge is -2.21. The maximum absolute atomic E-state index is 6.07. The Morgan fingerprint density at radius 2 is 1.89 bits per heavy atom. The average molecular weight is 271 g/mol. The van der Waals surface area contributed by atoms with Gasteiger partial charge in [0.25, 0.3) is 0 Å². The summed E-state index contributed by atoms with van der Waals surface area (Å²) in [5.74, 6) is 0.779. The Morgan fingerprint density at radius 3 is 2.44 bits per heavy atom. The molecule has 0 heterocycles. The van der Waals surface area contributed by atoms with E-state index in [1.165, 1.54) is 0 Å². The summed E-state index contributed by atoms with van der Waals surface area (Å²) in [6.07, 6.45) is 0. The lowest BCUT2D eigenvalue weighted by Crippen LogP contribution is -2.38. The molecule has 0 aliphatic rings. The molecule has 0 saturated heterocycles. The van der Waals surface area contributed by atoms with Gasteiger partial charge in [-0.25, -0.2) is 0 Å². The van der Waals surface area contributed by atoms with E-state index < -0.39 is 0 Å². The summed E-state index contributed by atoms with van der Waals surface area (Å²) in [5.41, 5.74) is 2.17. The fourth-order valence-corrected chi connectivity index (χ4v) is 1.76. The third kappa shape index (κ3) is 4.75. The molecule has 1 aromatic rings. The topological polar surface area (TPSA) is 33.3 Å². The quantitative estimate of drug-likeness (QED) is 0.804. The highest BCUT2D eigenvalue weighted by atomic mass is 35.5. The lowest BCUT2D eigenvalue weighted by atomic mass is 10.1. The molecule has 3 nitrogen and oxygen atoms in total. The Labute approximate surface area is 115 Å². The van der Waals surface area contributed by atoms with E-state index in [0.717, 1.165) is 35.1 Å². The highest BCUT2D eigenvalue weighted by Crippen LogP contribution is 2.30. The van der Waals surface area contributed by atoms with Crippen molar-refractivity contribution in [2.45, 2.75) is 33.2 Å². The lowest BCUT2D eigenvalue weighted by molar-refractivity contribution is 0.415. The van der Waals surface area contributed by atoms with Gasteiger partial charge in [-0.2, -0.15) is 0 Å². The second-order valence-corrected chi connectivity index (χ2v) is 5.81. The van der Waals surface area contributed by atoms with Crippen LogP contribution < -0.4 is 15.4 Å². The van der Waals surface area contributed by atoms with Gasteiger partial charge < -0.3 is 15.4 Å². The first-order valence-electron chi connectivity index (χ1n) is 6.16. The van der Waals surface area contributed by atoms with Crippen LogP contribution in [0.4, 0.5) is 5.69 Å². The van der Waals surface area contributed by atoms with Gasteiger partial charge in [-0.3, -0.25) is 0 Å². The standard InChI is InChI=1S/C14H23ClN2O/c1-10-8-12(13(18-5)9-11(10)15)16-6-7-17-14(2,3)4/h8-9,16-17H,6-7H2,1-5H3. The second-order valence-electron chi connectivity index (χ2n) is 5.41. The van der Waals surface area contributed by atoms with E-state index in [9.17, 15) is 0 Å². The van der Waals surface area contributed by atoms with Gasteiger partial charge in [0.05, 0.1) is 12.8 Å². The number of methoxy groups -OCH3 is 1. The van der Waals surface area contributed by atoms with Crippen molar-refractivity contribution >= 4 is 17.3 Å². The highest BCUT2D eigenvalue weighted by molar-refractivity contribution is 6.31. The molecule has 0 spiro atoms. The summed E-state index contributed by atoms with van der Waals surface area (Å²) >= 11 is 6.07. The molecular weight excluding hydrogens is 248 g/mol. The Morgan fingerprint density at radius 1 is 1.22 bits per heavy atom. The van der Waals surface area contributed by atoms with Crippen LogP contribution in [0.15, 0.2) is 12.1 Å². The summed E-state index contributed by atoms with van der Waals surface area (Å²) in [4.78, 5) is 0. The van der Waals surface area contributed by atoms with Crippen molar-refractivity contribution in [1.29, 1.82) is 0 Å². The summed E-state index contributed by atoms with van der Waals surface area (Å²) < 4.78 is 5.31. The zero-order valence-corrected chi connectivity index (χ0v) is 12.6. The first-order valence-corrected chi connectivity index (χ1v) is 6.54. The molecule has 0 aromatic heterocycles. The van der Waals surface area contributed by atoms with Crippen LogP contribution in [0.25, 0.3) is 0 Å². The Balaban J connectivity index is 2.59. The first kappa shape index (κ1) is 15.1. The Hall–Kier alpha value is -0.930. The van der Waals surface area contributed by atoms with Crippen LogP contribution in [-0.2, 0) is 0 Å². The van der Waals surface area contributed by atoms with Gasteiger partial charge in [0.2, 0.25) is 0 Å². The van der Waals surface area contributed by atoms with Crippen molar-refractivity contribution in [3.8, 4) is 5.75 Å². The number of rotatable bonds is 5. The van der Waals surface area contributed by atoms with E-state index in [4.69, 9.17) is 16.3 Å². The SMILES string of the molecule is COc1cc(Cl)c(C)cc1NCCNC(C)(C)C. The largest absolute Gasteiger partial charge is 0.495 e. The molecule has 0 aliphatic carbocycles. The van der Waals surface area contributed by atoms with E-state index in [1.807, 2.05) is 19.1 Å². The van der Waals surface area contributed by atoms with Gasteiger partial charge in [-0.15, -0.1) is 0 Å². The van der Waals surface area contributed by atoms with Gasteiger partial charge in [0.15, 0.2) is 0 Å². The van der Waals surface area contributed by atoms with Crippen molar-refractivity contribution in [2.24, 2.45) is 0 Å². The number of aryl methyl sites for hydroxylation is 1. The normalized spacial score (nSPS) is 11.4. The minimum atomic E-state index is 0.141. The van der Waals surface area contributed by atoms with Crippen LogP contribution in [0.5, 0.6) is 5.75 Å². The molecule has 0 aliphatic heterocycles. The minimum Gasteiger partial charge on any atom is -0.495 e. The zero-order chi connectivity index (χ0) is 13.8. The van der Waals surface area contributed by atoms with Crippen molar-refractivity contribution in [3.05, 3.63) is 22.7 Å². The van der Waals surface area contributed by atoms with Crippen LogP contribution in [0, 0.1) is 6.92 Å². The van der Waals surface area contributed by atoms with Crippen molar-refractivity contribution < 1.29 is 4.74 Å².